The Labute approximate surface area is 148 Å². The average Bonchev–Trinajstić information content (AvgIpc) is 2.33. The fraction of sp³-hybridized carbons (Fsp3) is 0.600. The van der Waals surface area contributed by atoms with Gasteiger partial charge in [0.25, 0.3) is 0 Å². The lowest BCUT2D eigenvalue weighted by molar-refractivity contribution is 0.0342. The molecule has 6 heteroatoms. The molecule has 1 saturated heterocycles. The molecule has 0 spiro atoms. The molecular weight excluding hydrogens is 375 g/mol. The fourth-order valence-corrected chi connectivity index (χ4v) is 3.33. The molecule has 1 fully saturated rings. The third-order valence-electron chi connectivity index (χ3n) is 3.53. The normalized spacial score (nSPS) is 16.0. The molecule has 1 aliphatic heterocycles. The first kappa shape index (κ1) is 21.0. The Morgan fingerprint density at radius 1 is 1.19 bits per heavy atom. The summed E-state index contributed by atoms with van der Waals surface area (Å²) in [7, 11) is 0. The minimum absolute atomic E-state index is 0. The molecule has 0 amide bonds. The van der Waals surface area contributed by atoms with Gasteiger partial charge in [0.2, 0.25) is 0 Å². The van der Waals surface area contributed by atoms with E-state index in [-0.39, 0.29) is 30.2 Å². The minimum atomic E-state index is 0. The van der Waals surface area contributed by atoms with Gasteiger partial charge in [0.05, 0.1) is 13.2 Å². The van der Waals surface area contributed by atoms with Crippen LogP contribution >= 0.6 is 40.7 Å². The SMILES string of the molecule is CC(C)(C)c1cc(N)c(CN2CCOCC2)cc1Br.Cl.Cl. The number of benzene rings is 1. The van der Waals surface area contributed by atoms with Crippen LogP contribution in [0.15, 0.2) is 16.6 Å². The van der Waals surface area contributed by atoms with Gasteiger partial charge in [-0.2, -0.15) is 0 Å². The topological polar surface area (TPSA) is 38.5 Å². The van der Waals surface area contributed by atoms with Crippen molar-refractivity contribution in [3.8, 4) is 0 Å². The predicted molar refractivity (Wildman–Crippen MR) is 97.8 cm³/mol. The maximum atomic E-state index is 6.23. The zero-order valence-corrected chi connectivity index (χ0v) is 16.0. The molecule has 0 aliphatic carbocycles. The number of nitrogen functional groups attached to an aromatic ring is 1. The summed E-state index contributed by atoms with van der Waals surface area (Å²) in [5.41, 5.74) is 9.67. The minimum Gasteiger partial charge on any atom is -0.398 e. The second-order valence-electron chi connectivity index (χ2n) is 6.17. The standard InChI is InChI=1S/C15H23BrN2O.2ClH/c1-15(2,3)12-9-14(17)11(8-13(12)16)10-18-4-6-19-7-5-18;;/h8-9H,4-7,10,17H2,1-3H3;2*1H. The van der Waals surface area contributed by atoms with E-state index in [2.05, 4.69) is 53.7 Å². The number of hydrogen-bond acceptors (Lipinski definition) is 3. The zero-order valence-electron chi connectivity index (χ0n) is 12.8. The molecule has 0 saturated carbocycles. The van der Waals surface area contributed by atoms with Gasteiger partial charge < -0.3 is 10.5 Å². The third-order valence-corrected chi connectivity index (χ3v) is 4.19. The molecular formula is C15H25BrCl2N2O. The van der Waals surface area contributed by atoms with E-state index >= 15 is 0 Å². The van der Waals surface area contributed by atoms with Gasteiger partial charge in [-0.15, -0.1) is 24.8 Å². The van der Waals surface area contributed by atoms with E-state index in [9.17, 15) is 0 Å². The second-order valence-corrected chi connectivity index (χ2v) is 7.02. The molecule has 1 aromatic carbocycles. The highest BCUT2D eigenvalue weighted by Gasteiger charge is 2.20. The molecule has 1 heterocycles. The van der Waals surface area contributed by atoms with Crippen molar-refractivity contribution in [2.75, 3.05) is 32.0 Å². The lowest BCUT2D eigenvalue weighted by Crippen LogP contribution is -2.35. The summed E-state index contributed by atoms with van der Waals surface area (Å²) in [6.07, 6.45) is 0. The first-order chi connectivity index (χ1) is 8.88. The Morgan fingerprint density at radius 3 is 2.29 bits per heavy atom. The number of ether oxygens (including phenoxy) is 1. The van der Waals surface area contributed by atoms with Crippen molar-refractivity contribution in [2.24, 2.45) is 0 Å². The smallest absolute Gasteiger partial charge is 0.0594 e. The first-order valence-electron chi connectivity index (χ1n) is 6.76. The van der Waals surface area contributed by atoms with Crippen LogP contribution in [0.5, 0.6) is 0 Å². The maximum absolute atomic E-state index is 6.23. The number of rotatable bonds is 2. The lowest BCUT2D eigenvalue weighted by Gasteiger charge is -2.28. The van der Waals surface area contributed by atoms with Crippen LogP contribution in [0.3, 0.4) is 0 Å². The van der Waals surface area contributed by atoms with Crippen molar-refractivity contribution in [1.82, 2.24) is 4.90 Å². The highest BCUT2D eigenvalue weighted by atomic mass is 79.9. The Morgan fingerprint density at radius 2 is 1.76 bits per heavy atom. The van der Waals surface area contributed by atoms with Crippen molar-refractivity contribution in [1.29, 1.82) is 0 Å². The van der Waals surface area contributed by atoms with Gasteiger partial charge in [0, 0.05) is 29.8 Å². The van der Waals surface area contributed by atoms with Gasteiger partial charge in [-0.1, -0.05) is 36.7 Å². The Balaban J connectivity index is 0.00000200. The zero-order chi connectivity index (χ0) is 14.0. The largest absolute Gasteiger partial charge is 0.398 e. The van der Waals surface area contributed by atoms with Crippen molar-refractivity contribution < 1.29 is 4.74 Å². The predicted octanol–water partition coefficient (Wildman–Crippen LogP) is 4.00. The van der Waals surface area contributed by atoms with E-state index in [1.165, 1.54) is 11.1 Å². The van der Waals surface area contributed by atoms with Gasteiger partial charge in [-0.25, -0.2) is 0 Å². The van der Waals surface area contributed by atoms with Crippen LogP contribution in [0.25, 0.3) is 0 Å². The van der Waals surface area contributed by atoms with Gasteiger partial charge in [0.15, 0.2) is 0 Å². The third kappa shape index (κ3) is 5.61. The maximum Gasteiger partial charge on any atom is 0.0594 e. The number of hydrogen-bond donors (Lipinski definition) is 1. The Bertz CT molecular complexity index is 458. The number of morpholine rings is 1. The van der Waals surface area contributed by atoms with E-state index in [1.807, 2.05) is 0 Å². The van der Waals surface area contributed by atoms with Crippen LogP contribution in [0.4, 0.5) is 5.69 Å². The summed E-state index contributed by atoms with van der Waals surface area (Å²) in [6.45, 7) is 11.1. The highest BCUT2D eigenvalue weighted by molar-refractivity contribution is 9.10. The summed E-state index contributed by atoms with van der Waals surface area (Å²) in [5, 5.41) is 0. The summed E-state index contributed by atoms with van der Waals surface area (Å²) in [4.78, 5) is 2.39. The molecule has 1 aliphatic rings. The Hall–Kier alpha value is -0.000000000000000111. The van der Waals surface area contributed by atoms with E-state index in [4.69, 9.17) is 10.5 Å². The van der Waals surface area contributed by atoms with Crippen LogP contribution in [-0.4, -0.2) is 31.2 Å². The van der Waals surface area contributed by atoms with Crippen molar-refractivity contribution in [3.63, 3.8) is 0 Å². The van der Waals surface area contributed by atoms with E-state index < -0.39 is 0 Å². The van der Waals surface area contributed by atoms with Crippen LogP contribution in [-0.2, 0) is 16.7 Å². The number of halogens is 3. The highest BCUT2D eigenvalue weighted by Crippen LogP contribution is 2.33. The fourth-order valence-electron chi connectivity index (χ4n) is 2.34. The number of nitrogens with two attached hydrogens (primary N) is 1. The lowest BCUT2D eigenvalue weighted by atomic mass is 9.86. The van der Waals surface area contributed by atoms with Crippen LogP contribution in [0.2, 0.25) is 0 Å². The van der Waals surface area contributed by atoms with Gasteiger partial charge >= 0.3 is 0 Å². The van der Waals surface area contributed by atoms with Crippen molar-refractivity contribution in [2.45, 2.75) is 32.7 Å². The molecule has 0 radical (unpaired) electrons. The summed E-state index contributed by atoms with van der Waals surface area (Å²) in [5.74, 6) is 0. The molecule has 21 heavy (non-hydrogen) atoms. The molecule has 0 aromatic heterocycles. The summed E-state index contributed by atoms with van der Waals surface area (Å²) < 4.78 is 6.52. The van der Waals surface area contributed by atoms with E-state index in [0.717, 1.165) is 43.0 Å². The van der Waals surface area contributed by atoms with Gasteiger partial charge in [-0.3, -0.25) is 4.90 Å². The summed E-state index contributed by atoms with van der Waals surface area (Å²) in [6, 6.07) is 4.28. The van der Waals surface area contributed by atoms with Crippen molar-refractivity contribution in [3.05, 3.63) is 27.7 Å². The molecule has 122 valence electrons. The van der Waals surface area contributed by atoms with Crippen LogP contribution in [0.1, 0.15) is 31.9 Å². The molecule has 2 rings (SSSR count). The Kier molecular flexibility index (Phi) is 8.59. The van der Waals surface area contributed by atoms with Gasteiger partial charge in [-0.05, 0) is 28.7 Å². The molecule has 3 nitrogen and oxygen atoms in total. The quantitative estimate of drug-likeness (QED) is 0.763. The van der Waals surface area contributed by atoms with Crippen LogP contribution in [0, 0.1) is 0 Å². The summed E-state index contributed by atoms with van der Waals surface area (Å²) >= 11 is 3.68. The number of anilines is 1. The van der Waals surface area contributed by atoms with E-state index in [1.54, 1.807) is 0 Å². The average molecular weight is 400 g/mol. The van der Waals surface area contributed by atoms with Gasteiger partial charge in [0.1, 0.15) is 0 Å². The molecule has 0 bridgehead atoms. The molecule has 1 aromatic rings. The molecule has 0 unspecified atom stereocenters. The van der Waals surface area contributed by atoms with Crippen molar-refractivity contribution >= 4 is 46.4 Å². The number of nitrogens with zero attached hydrogens (tertiary/aromatic N) is 1. The van der Waals surface area contributed by atoms with Crippen LogP contribution < -0.4 is 5.73 Å². The first-order valence-corrected chi connectivity index (χ1v) is 7.55. The monoisotopic (exact) mass is 398 g/mol. The second kappa shape index (κ2) is 8.59. The van der Waals surface area contributed by atoms with E-state index in [0.29, 0.717) is 0 Å². The molecule has 0 atom stereocenters. The molecule has 2 N–H and O–H groups in total.